The predicted octanol–water partition coefficient (Wildman–Crippen LogP) is 4.85. The number of halogens is 3. The van der Waals surface area contributed by atoms with Gasteiger partial charge in [0.05, 0.1) is 12.2 Å². The van der Waals surface area contributed by atoms with E-state index in [-0.39, 0.29) is 35.2 Å². The molecule has 2 N–H and O–H groups in total. The SMILES string of the molecule is CN=C(NCc1cc(C(C)C)no1)NCC(C)(C)c1ccc(F)cc1Cl.I. The normalized spacial score (nSPS) is 12.1. The van der Waals surface area contributed by atoms with Gasteiger partial charge in [-0.2, -0.15) is 0 Å². The second kappa shape index (κ2) is 10.3. The molecule has 5 nitrogen and oxygen atoms in total. The summed E-state index contributed by atoms with van der Waals surface area (Å²) in [4.78, 5) is 4.22. The third-order valence-corrected chi connectivity index (χ3v) is 4.49. The van der Waals surface area contributed by atoms with Gasteiger partial charge in [-0.25, -0.2) is 4.39 Å². The van der Waals surface area contributed by atoms with E-state index in [9.17, 15) is 4.39 Å². The van der Waals surface area contributed by atoms with Crippen LogP contribution in [0.2, 0.25) is 5.02 Å². The summed E-state index contributed by atoms with van der Waals surface area (Å²) in [6, 6.07) is 6.42. The molecule has 1 aromatic heterocycles. The van der Waals surface area contributed by atoms with E-state index < -0.39 is 0 Å². The van der Waals surface area contributed by atoms with Crippen LogP contribution in [0, 0.1) is 5.82 Å². The minimum Gasteiger partial charge on any atom is -0.359 e. The second-order valence-corrected chi connectivity index (χ2v) is 7.57. The standard InChI is InChI=1S/C19H26ClFN4O.HI/c1-12(2)17-9-14(26-25-17)10-23-18(22-5)24-11-19(3,4)15-7-6-13(21)8-16(15)20;/h6-9,12H,10-11H2,1-5H3,(H2,22,23,24);1H. The van der Waals surface area contributed by atoms with Gasteiger partial charge in [-0.3, -0.25) is 4.99 Å². The zero-order chi connectivity index (χ0) is 19.3. The highest BCUT2D eigenvalue weighted by atomic mass is 127. The predicted molar refractivity (Wildman–Crippen MR) is 119 cm³/mol. The van der Waals surface area contributed by atoms with E-state index in [1.807, 2.05) is 19.9 Å². The van der Waals surface area contributed by atoms with Crippen molar-refractivity contribution in [2.24, 2.45) is 4.99 Å². The fourth-order valence-corrected chi connectivity index (χ4v) is 2.94. The molecule has 0 radical (unpaired) electrons. The highest BCUT2D eigenvalue weighted by molar-refractivity contribution is 14.0. The largest absolute Gasteiger partial charge is 0.359 e. The molecule has 27 heavy (non-hydrogen) atoms. The number of guanidine groups is 1. The van der Waals surface area contributed by atoms with E-state index in [1.165, 1.54) is 12.1 Å². The Morgan fingerprint density at radius 1 is 1.30 bits per heavy atom. The van der Waals surface area contributed by atoms with Gasteiger partial charge >= 0.3 is 0 Å². The molecular weight excluding hydrogens is 482 g/mol. The maximum absolute atomic E-state index is 13.3. The quantitative estimate of drug-likeness (QED) is 0.333. The first-order valence-electron chi connectivity index (χ1n) is 8.58. The maximum atomic E-state index is 13.3. The Bertz CT molecular complexity index is 777. The van der Waals surface area contributed by atoms with Gasteiger partial charge < -0.3 is 15.2 Å². The molecule has 0 saturated heterocycles. The Balaban J connectivity index is 0.00000364. The van der Waals surface area contributed by atoms with Gasteiger partial charge in [-0.1, -0.05) is 50.5 Å². The first kappa shape index (κ1) is 23.7. The molecule has 0 aliphatic rings. The van der Waals surface area contributed by atoms with Crippen molar-refractivity contribution in [1.29, 1.82) is 0 Å². The lowest BCUT2D eigenvalue weighted by Gasteiger charge is -2.27. The molecule has 0 aliphatic carbocycles. The van der Waals surface area contributed by atoms with Gasteiger partial charge in [-0.15, -0.1) is 24.0 Å². The lowest BCUT2D eigenvalue weighted by molar-refractivity contribution is 0.371. The van der Waals surface area contributed by atoms with Gasteiger partial charge in [0.15, 0.2) is 11.7 Å². The summed E-state index contributed by atoms with van der Waals surface area (Å²) in [5.74, 6) is 1.37. The smallest absolute Gasteiger partial charge is 0.191 e. The Morgan fingerprint density at radius 2 is 2.00 bits per heavy atom. The van der Waals surface area contributed by atoms with Crippen molar-refractivity contribution in [2.45, 2.75) is 45.6 Å². The first-order chi connectivity index (χ1) is 12.2. The third kappa shape index (κ3) is 6.64. The summed E-state index contributed by atoms with van der Waals surface area (Å²) in [6.07, 6.45) is 0. The van der Waals surface area contributed by atoms with Crippen LogP contribution in [0.1, 0.15) is 50.6 Å². The number of aliphatic imine (C=N–C) groups is 1. The van der Waals surface area contributed by atoms with Gasteiger partial charge in [0.25, 0.3) is 0 Å². The average Bonchev–Trinajstić information content (AvgIpc) is 3.04. The number of aromatic nitrogens is 1. The van der Waals surface area contributed by atoms with E-state index in [4.69, 9.17) is 16.1 Å². The zero-order valence-electron chi connectivity index (χ0n) is 16.3. The van der Waals surface area contributed by atoms with Crippen LogP contribution >= 0.6 is 35.6 Å². The number of nitrogens with one attached hydrogen (secondary N) is 2. The molecule has 0 fully saturated rings. The number of benzene rings is 1. The molecule has 0 spiro atoms. The summed E-state index contributed by atoms with van der Waals surface area (Å²) in [5.41, 5.74) is 1.50. The number of hydrogen-bond acceptors (Lipinski definition) is 3. The molecule has 2 rings (SSSR count). The van der Waals surface area contributed by atoms with Crippen molar-refractivity contribution >= 4 is 41.5 Å². The van der Waals surface area contributed by atoms with Crippen LogP contribution in [-0.4, -0.2) is 24.7 Å². The molecule has 1 heterocycles. The zero-order valence-corrected chi connectivity index (χ0v) is 19.4. The van der Waals surface area contributed by atoms with Crippen molar-refractivity contribution in [2.75, 3.05) is 13.6 Å². The van der Waals surface area contributed by atoms with Gasteiger partial charge in [0.2, 0.25) is 0 Å². The van der Waals surface area contributed by atoms with Crippen LogP contribution in [0.15, 0.2) is 33.8 Å². The van der Waals surface area contributed by atoms with Crippen LogP contribution in [0.25, 0.3) is 0 Å². The topological polar surface area (TPSA) is 62.5 Å². The summed E-state index contributed by atoms with van der Waals surface area (Å²) >= 11 is 6.20. The lowest BCUT2D eigenvalue weighted by Crippen LogP contribution is -2.43. The molecule has 0 saturated carbocycles. The van der Waals surface area contributed by atoms with E-state index in [2.05, 4.69) is 34.6 Å². The van der Waals surface area contributed by atoms with E-state index in [1.54, 1.807) is 13.1 Å². The van der Waals surface area contributed by atoms with Gasteiger partial charge in [0.1, 0.15) is 5.82 Å². The van der Waals surface area contributed by atoms with Gasteiger partial charge in [-0.05, 0) is 23.6 Å². The van der Waals surface area contributed by atoms with E-state index in [0.29, 0.717) is 30.0 Å². The van der Waals surface area contributed by atoms with Crippen molar-refractivity contribution in [3.63, 3.8) is 0 Å². The van der Waals surface area contributed by atoms with Crippen molar-refractivity contribution < 1.29 is 8.91 Å². The second-order valence-electron chi connectivity index (χ2n) is 7.16. The van der Waals surface area contributed by atoms with Crippen molar-refractivity contribution in [3.05, 3.63) is 52.1 Å². The van der Waals surface area contributed by atoms with Crippen LogP contribution < -0.4 is 10.6 Å². The van der Waals surface area contributed by atoms with Crippen LogP contribution in [0.3, 0.4) is 0 Å². The number of rotatable bonds is 6. The van der Waals surface area contributed by atoms with E-state index >= 15 is 0 Å². The van der Waals surface area contributed by atoms with Crippen molar-refractivity contribution in [3.8, 4) is 0 Å². The lowest BCUT2D eigenvalue weighted by atomic mass is 9.84. The van der Waals surface area contributed by atoms with Crippen molar-refractivity contribution in [1.82, 2.24) is 15.8 Å². The molecule has 0 unspecified atom stereocenters. The number of nitrogens with zero attached hydrogens (tertiary/aromatic N) is 2. The minimum absolute atomic E-state index is 0. The molecule has 0 atom stereocenters. The monoisotopic (exact) mass is 508 g/mol. The van der Waals surface area contributed by atoms with Crippen LogP contribution in [-0.2, 0) is 12.0 Å². The highest BCUT2D eigenvalue weighted by Crippen LogP contribution is 2.29. The fourth-order valence-electron chi connectivity index (χ4n) is 2.51. The van der Waals surface area contributed by atoms with E-state index in [0.717, 1.165) is 17.0 Å². The summed E-state index contributed by atoms with van der Waals surface area (Å²) in [7, 11) is 1.70. The molecule has 150 valence electrons. The average molecular weight is 509 g/mol. The molecule has 2 aromatic rings. The summed E-state index contributed by atoms with van der Waals surface area (Å²) in [6.45, 7) is 9.27. The Hall–Kier alpha value is -1.35. The minimum atomic E-state index is -0.340. The maximum Gasteiger partial charge on any atom is 0.191 e. The summed E-state index contributed by atoms with van der Waals surface area (Å²) < 4.78 is 18.6. The third-order valence-electron chi connectivity index (χ3n) is 4.18. The molecular formula is C19H27ClFIN4O. The Labute approximate surface area is 182 Å². The molecule has 0 amide bonds. The molecule has 0 aliphatic heterocycles. The first-order valence-corrected chi connectivity index (χ1v) is 8.96. The molecule has 1 aromatic carbocycles. The molecule has 8 heteroatoms. The fraction of sp³-hybridized carbons (Fsp3) is 0.474. The number of hydrogen-bond donors (Lipinski definition) is 2. The molecule has 0 bridgehead atoms. The van der Waals surface area contributed by atoms with Crippen LogP contribution in [0.4, 0.5) is 4.39 Å². The highest BCUT2D eigenvalue weighted by Gasteiger charge is 2.24. The summed E-state index contributed by atoms with van der Waals surface area (Å²) in [5, 5.41) is 10.9. The Morgan fingerprint density at radius 3 is 2.56 bits per heavy atom. The van der Waals surface area contributed by atoms with Gasteiger partial charge in [0, 0.05) is 30.1 Å². The Kier molecular flexibility index (Phi) is 9.01. The van der Waals surface area contributed by atoms with Crippen LogP contribution in [0.5, 0.6) is 0 Å².